The van der Waals surface area contributed by atoms with E-state index in [2.05, 4.69) is 6.58 Å². The first-order valence-corrected chi connectivity index (χ1v) is 7.55. The van der Waals surface area contributed by atoms with Crippen molar-refractivity contribution in [3.05, 3.63) is 74.4 Å². The minimum atomic E-state index is -0.114. The van der Waals surface area contributed by atoms with Crippen molar-refractivity contribution >= 4 is 23.8 Å². The van der Waals surface area contributed by atoms with Crippen molar-refractivity contribution in [3.63, 3.8) is 0 Å². The summed E-state index contributed by atoms with van der Waals surface area (Å²) in [5.41, 5.74) is 1.50. The third-order valence-corrected chi connectivity index (χ3v) is 4.18. The van der Waals surface area contributed by atoms with E-state index in [-0.39, 0.29) is 5.56 Å². The lowest BCUT2D eigenvalue weighted by Crippen LogP contribution is -2.29. The second kappa shape index (κ2) is 6.87. The number of rotatable bonds is 5. The number of hydrogen-bond donors (Lipinski definition) is 0. The zero-order valence-corrected chi connectivity index (χ0v) is 13.5. The van der Waals surface area contributed by atoms with Crippen LogP contribution in [0.2, 0.25) is 5.15 Å². The second-order valence-corrected chi connectivity index (χ2v) is 5.39. The summed E-state index contributed by atoms with van der Waals surface area (Å²) >= 11 is 11.8. The maximum Gasteiger partial charge on any atom is 0.259 e. The van der Waals surface area contributed by atoms with E-state index in [9.17, 15) is 4.79 Å². The van der Waals surface area contributed by atoms with Gasteiger partial charge in [-0.3, -0.25) is 9.36 Å². The average Bonchev–Trinajstić information content (AvgIpc) is 2.50. The first-order chi connectivity index (χ1) is 10.1. The molecular formula is C16H17ClN2OS. The standard InChI is InChI=1S/C16H17ClN2OS/c1-3-10-19-14(17)13(11-12-8-6-5-7-9-12)15(20)18(4-2)16(19)21/h3,5-9H,1,4,10-11H2,2H3. The molecule has 2 rings (SSSR count). The molecule has 0 aliphatic rings. The number of benzene rings is 1. The van der Waals surface area contributed by atoms with Crippen molar-refractivity contribution in [2.75, 3.05) is 0 Å². The fraction of sp³-hybridized carbons (Fsp3) is 0.250. The van der Waals surface area contributed by atoms with E-state index >= 15 is 0 Å². The summed E-state index contributed by atoms with van der Waals surface area (Å²) in [5, 5.41) is 0.401. The summed E-state index contributed by atoms with van der Waals surface area (Å²) in [6, 6.07) is 9.79. The summed E-state index contributed by atoms with van der Waals surface area (Å²) in [4.78, 5) is 12.6. The summed E-state index contributed by atoms with van der Waals surface area (Å²) in [6.07, 6.45) is 2.21. The fourth-order valence-corrected chi connectivity index (χ4v) is 2.97. The molecule has 0 N–H and O–H groups in total. The number of nitrogens with zero attached hydrogens (tertiary/aromatic N) is 2. The molecule has 3 nitrogen and oxygen atoms in total. The Labute approximate surface area is 134 Å². The van der Waals surface area contributed by atoms with Crippen molar-refractivity contribution in [3.8, 4) is 0 Å². The topological polar surface area (TPSA) is 26.9 Å². The molecule has 0 saturated carbocycles. The lowest BCUT2D eigenvalue weighted by Gasteiger charge is -2.15. The van der Waals surface area contributed by atoms with Crippen molar-refractivity contribution in [2.45, 2.75) is 26.4 Å². The molecule has 1 heterocycles. The Morgan fingerprint density at radius 2 is 1.95 bits per heavy atom. The van der Waals surface area contributed by atoms with Crippen molar-refractivity contribution in [1.82, 2.24) is 9.13 Å². The highest BCUT2D eigenvalue weighted by molar-refractivity contribution is 7.71. The maximum absolute atomic E-state index is 12.6. The highest BCUT2D eigenvalue weighted by atomic mass is 35.5. The van der Waals surface area contributed by atoms with Crippen molar-refractivity contribution in [2.24, 2.45) is 0 Å². The van der Waals surface area contributed by atoms with Crippen LogP contribution in [0.4, 0.5) is 0 Å². The Morgan fingerprint density at radius 1 is 1.29 bits per heavy atom. The molecule has 0 radical (unpaired) electrons. The SMILES string of the molecule is C=CCn1c(Cl)c(Cc2ccccc2)c(=O)n(CC)c1=S. The molecule has 0 spiro atoms. The first-order valence-electron chi connectivity index (χ1n) is 6.77. The van der Waals surface area contributed by atoms with Gasteiger partial charge in [-0.05, 0) is 24.7 Å². The molecule has 110 valence electrons. The van der Waals surface area contributed by atoms with Gasteiger partial charge in [-0.15, -0.1) is 6.58 Å². The van der Waals surface area contributed by atoms with E-state index in [0.717, 1.165) is 5.56 Å². The van der Waals surface area contributed by atoms with Crippen molar-refractivity contribution in [1.29, 1.82) is 0 Å². The highest BCUT2D eigenvalue weighted by Crippen LogP contribution is 2.17. The molecule has 1 aromatic heterocycles. The van der Waals surface area contributed by atoms with E-state index in [0.29, 0.717) is 35.0 Å². The molecule has 2 aromatic rings. The minimum absolute atomic E-state index is 0.114. The normalized spacial score (nSPS) is 10.6. The molecule has 0 aliphatic heterocycles. The molecule has 0 fully saturated rings. The summed E-state index contributed by atoms with van der Waals surface area (Å²) in [5.74, 6) is 0. The molecule has 0 unspecified atom stereocenters. The van der Waals surface area contributed by atoms with Crippen LogP contribution in [0.1, 0.15) is 18.1 Å². The monoisotopic (exact) mass is 320 g/mol. The minimum Gasteiger partial charge on any atom is -0.305 e. The zero-order valence-electron chi connectivity index (χ0n) is 11.9. The smallest absolute Gasteiger partial charge is 0.259 e. The summed E-state index contributed by atoms with van der Waals surface area (Å²) in [7, 11) is 0. The fourth-order valence-electron chi connectivity index (χ4n) is 2.25. The maximum atomic E-state index is 12.6. The van der Waals surface area contributed by atoms with Crippen LogP contribution in [0.3, 0.4) is 0 Å². The van der Waals surface area contributed by atoms with Crippen molar-refractivity contribution < 1.29 is 0 Å². The van der Waals surface area contributed by atoms with Crippen LogP contribution in [0.5, 0.6) is 0 Å². The number of halogens is 1. The van der Waals surface area contributed by atoms with Gasteiger partial charge in [0.2, 0.25) is 0 Å². The van der Waals surface area contributed by atoms with Gasteiger partial charge >= 0.3 is 0 Å². The van der Waals surface area contributed by atoms with E-state index in [1.165, 1.54) is 0 Å². The molecule has 0 saturated heterocycles. The highest BCUT2D eigenvalue weighted by Gasteiger charge is 2.15. The molecule has 1 aromatic carbocycles. The number of aromatic nitrogens is 2. The van der Waals surface area contributed by atoms with Crippen LogP contribution in [0.25, 0.3) is 0 Å². The van der Waals surface area contributed by atoms with Gasteiger partial charge < -0.3 is 4.57 Å². The lowest BCUT2D eigenvalue weighted by molar-refractivity contribution is 0.619. The quantitative estimate of drug-likeness (QED) is 0.475. The molecule has 0 amide bonds. The third kappa shape index (κ3) is 3.17. The van der Waals surface area contributed by atoms with Gasteiger partial charge in [0.25, 0.3) is 5.56 Å². The molecule has 0 bridgehead atoms. The van der Waals surface area contributed by atoms with Gasteiger partial charge in [-0.2, -0.15) is 0 Å². The van der Waals surface area contributed by atoms with Crippen LogP contribution in [-0.4, -0.2) is 9.13 Å². The largest absolute Gasteiger partial charge is 0.305 e. The van der Waals surface area contributed by atoms with Crippen LogP contribution < -0.4 is 5.56 Å². The van der Waals surface area contributed by atoms with Gasteiger partial charge in [0.15, 0.2) is 4.77 Å². The van der Waals surface area contributed by atoms with E-state index in [4.69, 9.17) is 23.8 Å². The van der Waals surface area contributed by atoms with E-state index in [1.54, 1.807) is 15.2 Å². The Kier molecular flexibility index (Phi) is 5.15. The van der Waals surface area contributed by atoms with Crippen LogP contribution in [-0.2, 0) is 19.5 Å². The molecule has 0 aliphatic carbocycles. The van der Waals surface area contributed by atoms with E-state index < -0.39 is 0 Å². The molecule has 5 heteroatoms. The predicted molar refractivity (Wildman–Crippen MR) is 89.7 cm³/mol. The van der Waals surface area contributed by atoms with Crippen LogP contribution >= 0.6 is 23.8 Å². The molecule has 21 heavy (non-hydrogen) atoms. The Balaban J connectivity index is 2.65. The number of hydrogen-bond acceptors (Lipinski definition) is 2. The van der Waals surface area contributed by atoms with Gasteiger partial charge in [0.05, 0.1) is 5.56 Å². The third-order valence-electron chi connectivity index (χ3n) is 3.30. The van der Waals surface area contributed by atoms with Crippen LogP contribution in [0.15, 0.2) is 47.8 Å². The molecule has 0 atom stereocenters. The second-order valence-electron chi connectivity index (χ2n) is 4.66. The predicted octanol–water partition coefficient (Wildman–Crippen LogP) is 3.83. The summed E-state index contributed by atoms with van der Waals surface area (Å²) < 4.78 is 3.75. The Morgan fingerprint density at radius 3 is 2.52 bits per heavy atom. The molecular weight excluding hydrogens is 304 g/mol. The summed E-state index contributed by atoms with van der Waals surface area (Å²) in [6.45, 7) is 6.62. The average molecular weight is 321 g/mol. The van der Waals surface area contributed by atoms with Gasteiger partial charge in [0.1, 0.15) is 5.15 Å². The van der Waals surface area contributed by atoms with Gasteiger partial charge in [0, 0.05) is 19.5 Å². The van der Waals surface area contributed by atoms with Gasteiger partial charge in [-0.1, -0.05) is 48.0 Å². The lowest BCUT2D eigenvalue weighted by atomic mass is 10.1. The Hall–Kier alpha value is -1.65. The Bertz CT molecular complexity index is 762. The van der Waals surface area contributed by atoms with E-state index in [1.807, 2.05) is 37.3 Å². The van der Waals surface area contributed by atoms with Gasteiger partial charge in [-0.25, -0.2) is 0 Å². The zero-order chi connectivity index (χ0) is 15.4. The number of allylic oxidation sites excluding steroid dienone is 1. The first kappa shape index (κ1) is 15.7. The van der Waals surface area contributed by atoms with Crippen LogP contribution in [0, 0.1) is 4.77 Å².